The van der Waals surface area contributed by atoms with Crippen LogP contribution < -0.4 is 16.0 Å². The molecule has 0 unspecified atom stereocenters. The van der Waals surface area contributed by atoms with E-state index in [0.717, 1.165) is 4.57 Å². The first-order valence-corrected chi connectivity index (χ1v) is 7.41. The Kier molecular flexibility index (Phi) is 4.03. The van der Waals surface area contributed by atoms with Gasteiger partial charge in [0.15, 0.2) is 11.3 Å². The quantitative estimate of drug-likeness (QED) is 0.695. The van der Waals surface area contributed by atoms with Crippen molar-refractivity contribution in [2.45, 2.75) is 13.5 Å². The highest BCUT2D eigenvalue weighted by Crippen LogP contribution is 2.13. The lowest BCUT2D eigenvalue weighted by atomic mass is 10.1. The fourth-order valence-corrected chi connectivity index (χ4v) is 2.38. The zero-order valence-corrected chi connectivity index (χ0v) is 13.3. The van der Waals surface area contributed by atoms with Gasteiger partial charge in [0.2, 0.25) is 0 Å². The summed E-state index contributed by atoms with van der Waals surface area (Å²) in [6.45, 7) is 2.40. The largest absolute Gasteiger partial charge is 0.494 e. The molecule has 3 aromatic rings. The molecule has 0 saturated carbocycles. The number of rotatable bonds is 5. The van der Waals surface area contributed by atoms with Gasteiger partial charge < -0.3 is 9.30 Å². The number of ketones is 1. The lowest BCUT2D eigenvalue weighted by Crippen LogP contribution is -2.32. The maximum Gasteiger partial charge on any atom is 0.329 e. The van der Waals surface area contributed by atoms with Crippen molar-refractivity contribution in [2.75, 3.05) is 6.61 Å². The molecule has 0 aliphatic heterocycles. The second-order valence-electron chi connectivity index (χ2n) is 5.24. The first kappa shape index (κ1) is 15.7. The molecular formula is C16H16N4O4. The molecule has 2 aromatic heterocycles. The summed E-state index contributed by atoms with van der Waals surface area (Å²) in [6, 6.07) is 6.79. The second-order valence-corrected chi connectivity index (χ2v) is 5.24. The Balaban J connectivity index is 1.91. The summed E-state index contributed by atoms with van der Waals surface area (Å²) in [5, 5.41) is 0. The van der Waals surface area contributed by atoms with Gasteiger partial charge in [-0.2, -0.15) is 0 Å². The van der Waals surface area contributed by atoms with E-state index >= 15 is 0 Å². The van der Waals surface area contributed by atoms with Crippen molar-refractivity contribution in [3.63, 3.8) is 0 Å². The van der Waals surface area contributed by atoms with Gasteiger partial charge in [-0.05, 0) is 31.2 Å². The highest BCUT2D eigenvalue weighted by molar-refractivity contribution is 5.96. The summed E-state index contributed by atoms with van der Waals surface area (Å²) in [4.78, 5) is 42.7. The molecule has 0 saturated heterocycles. The Morgan fingerprint density at radius 3 is 2.62 bits per heavy atom. The van der Waals surface area contributed by atoms with Crippen molar-refractivity contribution in [1.82, 2.24) is 19.1 Å². The number of ether oxygens (including phenoxy) is 1. The number of H-pyrrole nitrogens is 1. The standard InChI is InChI=1S/C16H16N4O4/c1-3-24-11-6-4-10(5-7-11)12(21)8-20-9-17-13-14(20)18-16(23)19(2)15(13)22/h4-7,9H,3,8H2,1-2H3,(H,18,23). The van der Waals surface area contributed by atoms with E-state index in [0.29, 0.717) is 17.9 Å². The Morgan fingerprint density at radius 2 is 1.96 bits per heavy atom. The predicted molar refractivity (Wildman–Crippen MR) is 87.5 cm³/mol. The molecule has 8 heteroatoms. The van der Waals surface area contributed by atoms with E-state index in [2.05, 4.69) is 9.97 Å². The molecule has 0 spiro atoms. The van der Waals surface area contributed by atoms with Crippen LogP contribution in [0, 0.1) is 0 Å². The lowest BCUT2D eigenvalue weighted by Gasteiger charge is -2.06. The Morgan fingerprint density at radius 1 is 1.25 bits per heavy atom. The fourth-order valence-electron chi connectivity index (χ4n) is 2.38. The molecule has 3 rings (SSSR count). The van der Waals surface area contributed by atoms with E-state index in [1.807, 2.05) is 6.92 Å². The third kappa shape index (κ3) is 2.73. The van der Waals surface area contributed by atoms with Crippen LogP contribution in [0.2, 0.25) is 0 Å². The van der Waals surface area contributed by atoms with Crippen LogP contribution in [-0.4, -0.2) is 31.5 Å². The summed E-state index contributed by atoms with van der Waals surface area (Å²) in [7, 11) is 1.37. The van der Waals surface area contributed by atoms with Crippen LogP contribution in [0.4, 0.5) is 0 Å². The van der Waals surface area contributed by atoms with Gasteiger partial charge in [-0.15, -0.1) is 0 Å². The zero-order valence-electron chi connectivity index (χ0n) is 13.3. The molecule has 0 atom stereocenters. The van der Waals surface area contributed by atoms with Crippen LogP contribution in [0.1, 0.15) is 17.3 Å². The van der Waals surface area contributed by atoms with Crippen LogP contribution in [-0.2, 0) is 13.6 Å². The SMILES string of the molecule is CCOc1ccc(C(=O)Cn2cnc3c(=O)n(C)c(=O)[nH]c32)cc1. The monoisotopic (exact) mass is 328 g/mol. The second kappa shape index (κ2) is 6.15. The molecule has 124 valence electrons. The van der Waals surface area contributed by atoms with E-state index < -0.39 is 11.2 Å². The van der Waals surface area contributed by atoms with Crippen molar-refractivity contribution in [3.05, 3.63) is 57.0 Å². The molecule has 0 fully saturated rings. The van der Waals surface area contributed by atoms with Crippen molar-refractivity contribution >= 4 is 16.9 Å². The number of aromatic amines is 1. The van der Waals surface area contributed by atoms with Crippen LogP contribution in [0.3, 0.4) is 0 Å². The van der Waals surface area contributed by atoms with Crippen molar-refractivity contribution in [1.29, 1.82) is 0 Å². The Bertz CT molecular complexity index is 1010. The van der Waals surface area contributed by atoms with Gasteiger partial charge in [-0.25, -0.2) is 9.78 Å². The minimum atomic E-state index is -0.553. The highest BCUT2D eigenvalue weighted by Gasteiger charge is 2.14. The molecule has 24 heavy (non-hydrogen) atoms. The van der Waals surface area contributed by atoms with Gasteiger partial charge in [-0.3, -0.25) is 19.1 Å². The van der Waals surface area contributed by atoms with E-state index in [-0.39, 0.29) is 23.5 Å². The molecular weight excluding hydrogens is 312 g/mol. The lowest BCUT2D eigenvalue weighted by molar-refractivity contribution is 0.0973. The molecule has 0 aliphatic carbocycles. The fraction of sp³-hybridized carbons (Fsp3) is 0.250. The van der Waals surface area contributed by atoms with Gasteiger partial charge in [0.25, 0.3) is 5.56 Å². The minimum absolute atomic E-state index is 0.0341. The number of hydrogen-bond donors (Lipinski definition) is 1. The van der Waals surface area contributed by atoms with E-state index in [1.54, 1.807) is 24.3 Å². The third-order valence-corrected chi connectivity index (χ3v) is 3.68. The molecule has 2 heterocycles. The van der Waals surface area contributed by atoms with Gasteiger partial charge in [0, 0.05) is 12.6 Å². The molecule has 0 aliphatic rings. The average Bonchev–Trinajstić information content (AvgIpc) is 2.96. The van der Waals surface area contributed by atoms with Crippen LogP contribution in [0.15, 0.2) is 40.2 Å². The first-order valence-electron chi connectivity index (χ1n) is 7.41. The highest BCUT2D eigenvalue weighted by atomic mass is 16.5. The summed E-state index contributed by atoms with van der Waals surface area (Å²) < 4.78 is 7.73. The van der Waals surface area contributed by atoms with Gasteiger partial charge in [0.05, 0.1) is 19.5 Å². The van der Waals surface area contributed by atoms with E-state index in [9.17, 15) is 14.4 Å². The van der Waals surface area contributed by atoms with Crippen molar-refractivity contribution < 1.29 is 9.53 Å². The number of hydrogen-bond acceptors (Lipinski definition) is 5. The summed E-state index contributed by atoms with van der Waals surface area (Å²) >= 11 is 0. The number of nitrogens with zero attached hydrogens (tertiary/aromatic N) is 3. The molecule has 0 bridgehead atoms. The van der Waals surface area contributed by atoms with Crippen LogP contribution in [0.25, 0.3) is 11.2 Å². The number of nitrogens with one attached hydrogen (secondary N) is 1. The smallest absolute Gasteiger partial charge is 0.329 e. The van der Waals surface area contributed by atoms with Gasteiger partial charge in [-0.1, -0.05) is 0 Å². The van der Waals surface area contributed by atoms with Gasteiger partial charge in [0.1, 0.15) is 11.4 Å². The molecule has 1 aromatic carbocycles. The number of imidazole rings is 1. The first-order chi connectivity index (χ1) is 11.5. The minimum Gasteiger partial charge on any atom is -0.494 e. The number of fused-ring (bicyclic) bond motifs is 1. The van der Waals surface area contributed by atoms with Crippen molar-refractivity contribution in [3.8, 4) is 5.75 Å². The topological polar surface area (TPSA) is 99.0 Å². The Labute approximate surface area is 136 Å². The number of aromatic nitrogens is 4. The summed E-state index contributed by atoms with van der Waals surface area (Å²) in [5.41, 5.74) is -0.186. The number of Topliss-reactive ketones (excluding diaryl/α,β-unsaturated/α-hetero) is 1. The molecule has 0 amide bonds. The predicted octanol–water partition coefficient (Wildman–Crippen LogP) is 0.705. The normalized spacial score (nSPS) is 10.9. The Hall–Kier alpha value is -3.16. The van der Waals surface area contributed by atoms with E-state index in [4.69, 9.17) is 4.74 Å². The summed E-state index contributed by atoms with van der Waals surface area (Å²) in [5.74, 6) is 0.522. The van der Waals surface area contributed by atoms with Crippen LogP contribution >= 0.6 is 0 Å². The molecule has 8 nitrogen and oxygen atoms in total. The van der Waals surface area contributed by atoms with Crippen LogP contribution in [0.5, 0.6) is 5.75 Å². The molecule has 1 N–H and O–H groups in total. The number of benzene rings is 1. The van der Waals surface area contributed by atoms with E-state index in [1.165, 1.54) is 17.9 Å². The summed E-state index contributed by atoms with van der Waals surface area (Å²) in [6.07, 6.45) is 1.37. The maximum absolute atomic E-state index is 12.4. The zero-order chi connectivity index (χ0) is 17.3. The molecule has 0 radical (unpaired) electrons. The third-order valence-electron chi connectivity index (χ3n) is 3.68. The number of carbonyl (C=O) groups excluding carboxylic acids is 1. The maximum atomic E-state index is 12.4. The van der Waals surface area contributed by atoms with Gasteiger partial charge >= 0.3 is 5.69 Å². The average molecular weight is 328 g/mol. The van der Waals surface area contributed by atoms with Crippen molar-refractivity contribution in [2.24, 2.45) is 7.05 Å². The number of carbonyl (C=O) groups is 1.